The Balaban J connectivity index is 1.74. The molecule has 0 spiro atoms. The largest absolute Gasteiger partial charge is 0.481 e. The summed E-state index contributed by atoms with van der Waals surface area (Å²) in [5.74, 6) is -1.30. The molecule has 0 saturated heterocycles. The van der Waals surface area contributed by atoms with E-state index in [4.69, 9.17) is 5.11 Å². The normalized spacial score (nSPS) is 11.7. The molecule has 0 aliphatic heterocycles. The average Bonchev–Trinajstić information content (AvgIpc) is 3.12. The number of rotatable bonds is 7. The van der Waals surface area contributed by atoms with Gasteiger partial charge in [0, 0.05) is 17.0 Å². The van der Waals surface area contributed by atoms with Crippen molar-refractivity contribution in [3.8, 4) is 10.6 Å². The quantitative estimate of drug-likeness (QED) is 0.651. The van der Waals surface area contributed by atoms with Crippen molar-refractivity contribution < 1.29 is 14.7 Å². The standard InChI is InChI=1S/C21H20N2O3S/c1-14-7-5-6-10-17(14)21-23-18(13-27-21)20(26)22-16(12-19(24)25)11-15-8-3-2-4-9-15/h2-10,13,16H,11-12H2,1H3,(H,22,26)(H,24,25). The molecule has 3 rings (SSSR count). The summed E-state index contributed by atoms with van der Waals surface area (Å²) in [5, 5.41) is 14.5. The highest BCUT2D eigenvalue weighted by molar-refractivity contribution is 7.13. The van der Waals surface area contributed by atoms with Crippen molar-refractivity contribution in [2.45, 2.75) is 25.8 Å². The Hall–Kier alpha value is -2.99. The van der Waals surface area contributed by atoms with E-state index in [9.17, 15) is 9.59 Å². The van der Waals surface area contributed by atoms with E-state index in [-0.39, 0.29) is 12.3 Å². The van der Waals surface area contributed by atoms with Crippen LogP contribution in [0.2, 0.25) is 0 Å². The van der Waals surface area contributed by atoms with E-state index >= 15 is 0 Å². The van der Waals surface area contributed by atoms with E-state index in [2.05, 4.69) is 10.3 Å². The maximum absolute atomic E-state index is 12.6. The molecule has 1 heterocycles. The maximum Gasteiger partial charge on any atom is 0.305 e. The maximum atomic E-state index is 12.6. The Morgan fingerprint density at radius 1 is 1.11 bits per heavy atom. The van der Waals surface area contributed by atoms with Gasteiger partial charge in [-0.3, -0.25) is 9.59 Å². The number of nitrogens with zero attached hydrogens (tertiary/aromatic N) is 1. The van der Waals surface area contributed by atoms with Crippen LogP contribution in [0, 0.1) is 6.92 Å². The SMILES string of the molecule is Cc1ccccc1-c1nc(C(=O)NC(CC(=O)O)Cc2ccccc2)cs1. The highest BCUT2D eigenvalue weighted by Gasteiger charge is 2.20. The molecule has 0 aliphatic carbocycles. The van der Waals surface area contributed by atoms with Crippen molar-refractivity contribution in [1.29, 1.82) is 0 Å². The lowest BCUT2D eigenvalue weighted by Crippen LogP contribution is -2.38. The summed E-state index contributed by atoms with van der Waals surface area (Å²) in [5.41, 5.74) is 3.36. The number of hydrogen-bond donors (Lipinski definition) is 2. The number of carbonyl (C=O) groups is 2. The molecule has 0 radical (unpaired) electrons. The van der Waals surface area contributed by atoms with E-state index in [1.807, 2.05) is 61.5 Å². The number of aliphatic carboxylic acids is 1. The van der Waals surface area contributed by atoms with Gasteiger partial charge in [-0.15, -0.1) is 11.3 Å². The fourth-order valence-electron chi connectivity index (χ4n) is 2.86. The second kappa shape index (κ2) is 8.60. The first-order chi connectivity index (χ1) is 13.0. The van der Waals surface area contributed by atoms with E-state index in [1.165, 1.54) is 11.3 Å². The summed E-state index contributed by atoms with van der Waals surface area (Å²) >= 11 is 1.40. The fraction of sp³-hybridized carbons (Fsp3) is 0.190. The molecule has 5 nitrogen and oxygen atoms in total. The summed E-state index contributed by atoms with van der Waals surface area (Å²) in [6.45, 7) is 2.00. The van der Waals surface area contributed by atoms with Crippen LogP contribution >= 0.6 is 11.3 Å². The lowest BCUT2D eigenvalue weighted by molar-refractivity contribution is -0.137. The lowest BCUT2D eigenvalue weighted by atomic mass is 10.0. The number of benzene rings is 2. The van der Waals surface area contributed by atoms with Gasteiger partial charge in [0.1, 0.15) is 10.7 Å². The molecule has 0 aliphatic rings. The van der Waals surface area contributed by atoms with Crippen LogP contribution in [-0.2, 0) is 11.2 Å². The Labute approximate surface area is 161 Å². The molecule has 1 unspecified atom stereocenters. The highest BCUT2D eigenvalue weighted by atomic mass is 32.1. The Morgan fingerprint density at radius 3 is 2.52 bits per heavy atom. The van der Waals surface area contributed by atoms with E-state index in [0.717, 1.165) is 21.7 Å². The van der Waals surface area contributed by atoms with Gasteiger partial charge in [-0.25, -0.2) is 4.98 Å². The first-order valence-electron chi connectivity index (χ1n) is 8.61. The molecule has 0 bridgehead atoms. The molecule has 2 aromatic carbocycles. The zero-order chi connectivity index (χ0) is 19.2. The number of aromatic nitrogens is 1. The average molecular weight is 380 g/mol. The van der Waals surface area contributed by atoms with Crippen molar-refractivity contribution in [2.24, 2.45) is 0 Å². The van der Waals surface area contributed by atoms with E-state index in [0.29, 0.717) is 12.1 Å². The smallest absolute Gasteiger partial charge is 0.305 e. The number of nitrogens with one attached hydrogen (secondary N) is 1. The first-order valence-corrected chi connectivity index (χ1v) is 9.49. The minimum Gasteiger partial charge on any atom is -0.481 e. The van der Waals surface area contributed by atoms with Crippen molar-refractivity contribution in [3.05, 3.63) is 76.8 Å². The van der Waals surface area contributed by atoms with Crippen LogP contribution in [0.25, 0.3) is 10.6 Å². The Kier molecular flexibility index (Phi) is 5.98. The van der Waals surface area contributed by atoms with Gasteiger partial charge in [-0.05, 0) is 24.5 Å². The zero-order valence-corrected chi connectivity index (χ0v) is 15.7. The molecule has 3 aromatic rings. The number of thiazole rings is 1. The number of carboxylic acids is 1. The van der Waals surface area contributed by atoms with Crippen LogP contribution in [0.5, 0.6) is 0 Å². The Morgan fingerprint density at radius 2 is 1.81 bits per heavy atom. The molecule has 2 N–H and O–H groups in total. The topological polar surface area (TPSA) is 79.3 Å². The molecule has 138 valence electrons. The predicted molar refractivity (Wildman–Crippen MR) is 106 cm³/mol. The number of carbonyl (C=O) groups excluding carboxylic acids is 1. The highest BCUT2D eigenvalue weighted by Crippen LogP contribution is 2.26. The summed E-state index contributed by atoms with van der Waals surface area (Å²) in [6.07, 6.45) is 0.309. The van der Waals surface area contributed by atoms with Gasteiger partial charge < -0.3 is 10.4 Å². The van der Waals surface area contributed by atoms with Gasteiger partial charge in [-0.1, -0.05) is 54.6 Å². The molecule has 1 aromatic heterocycles. The van der Waals surface area contributed by atoms with Gasteiger partial charge in [0.2, 0.25) is 0 Å². The van der Waals surface area contributed by atoms with E-state index < -0.39 is 12.0 Å². The monoisotopic (exact) mass is 380 g/mol. The van der Waals surface area contributed by atoms with Crippen LogP contribution in [0.3, 0.4) is 0 Å². The van der Waals surface area contributed by atoms with Gasteiger partial charge in [-0.2, -0.15) is 0 Å². The molecule has 27 heavy (non-hydrogen) atoms. The first kappa shape index (κ1) is 18.8. The molecule has 1 amide bonds. The molecule has 1 atom stereocenters. The van der Waals surface area contributed by atoms with Crippen LogP contribution in [0.1, 0.15) is 28.0 Å². The van der Waals surface area contributed by atoms with Crippen LogP contribution in [-0.4, -0.2) is 28.0 Å². The number of amides is 1. The van der Waals surface area contributed by atoms with Crippen LogP contribution in [0.4, 0.5) is 0 Å². The third kappa shape index (κ3) is 5.01. The zero-order valence-electron chi connectivity index (χ0n) is 14.9. The second-order valence-corrected chi connectivity index (χ2v) is 7.17. The number of hydrogen-bond acceptors (Lipinski definition) is 4. The minimum atomic E-state index is -0.949. The van der Waals surface area contributed by atoms with Gasteiger partial charge in [0.15, 0.2) is 0 Å². The van der Waals surface area contributed by atoms with Gasteiger partial charge in [0.25, 0.3) is 5.91 Å². The fourth-order valence-corrected chi connectivity index (χ4v) is 3.75. The van der Waals surface area contributed by atoms with Crippen molar-refractivity contribution in [2.75, 3.05) is 0 Å². The summed E-state index contributed by atoms with van der Waals surface area (Å²) in [6, 6.07) is 16.9. The molecular weight excluding hydrogens is 360 g/mol. The van der Waals surface area contributed by atoms with Crippen LogP contribution in [0.15, 0.2) is 60.0 Å². The molecule has 6 heteroatoms. The number of carboxylic acid groups (broad SMARTS) is 1. The third-order valence-corrected chi connectivity index (χ3v) is 5.07. The van der Waals surface area contributed by atoms with E-state index in [1.54, 1.807) is 5.38 Å². The third-order valence-electron chi connectivity index (χ3n) is 4.19. The minimum absolute atomic E-state index is 0.143. The van der Waals surface area contributed by atoms with Crippen LogP contribution < -0.4 is 5.32 Å². The van der Waals surface area contributed by atoms with Crippen molar-refractivity contribution in [3.63, 3.8) is 0 Å². The predicted octanol–water partition coefficient (Wildman–Crippen LogP) is 3.93. The van der Waals surface area contributed by atoms with Crippen molar-refractivity contribution >= 4 is 23.2 Å². The molecule has 0 saturated carbocycles. The van der Waals surface area contributed by atoms with Gasteiger partial charge in [0.05, 0.1) is 6.42 Å². The van der Waals surface area contributed by atoms with Gasteiger partial charge >= 0.3 is 5.97 Å². The summed E-state index contributed by atoms with van der Waals surface area (Å²) in [7, 11) is 0. The molecular formula is C21H20N2O3S. The molecule has 0 fully saturated rings. The second-order valence-electron chi connectivity index (χ2n) is 6.31. The summed E-state index contributed by atoms with van der Waals surface area (Å²) in [4.78, 5) is 28.2. The summed E-state index contributed by atoms with van der Waals surface area (Å²) < 4.78 is 0. The lowest BCUT2D eigenvalue weighted by Gasteiger charge is -2.16. The van der Waals surface area contributed by atoms with Crippen molar-refractivity contribution in [1.82, 2.24) is 10.3 Å². The Bertz CT molecular complexity index is 937. The number of aryl methyl sites for hydroxylation is 1.